The van der Waals surface area contributed by atoms with Gasteiger partial charge in [-0.1, -0.05) is 198 Å². The van der Waals surface area contributed by atoms with Crippen molar-refractivity contribution in [2.24, 2.45) is 11.8 Å². The number of alkyl halides is 3. The molecule has 2 aliphatic carbocycles. The molecule has 0 aliphatic heterocycles. The van der Waals surface area contributed by atoms with E-state index in [1.54, 1.807) is 6.55 Å². The fourth-order valence-corrected chi connectivity index (χ4v) is 10.8. The molecular formula is C58H61Cl2F3SiZr. The summed E-state index contributed by atoms with van der Waals surface area (Å²) in [6.45, 7) is 1.77. The summed E-state index contributed by atoms with van der Waals surface area (Å²) in [5.41, 5.74) is 8.51. The van der Waals surface area contributed by atoms with Crippen molar-refractivity contribution in [1.29, 1.82) is 0 Å². The zero-order valence-corrected chi connectivity index (χ0v) is 42.7. The van der Waals surface area contributed by atoms with Crippen molar-refractivity contribution < 1.29 is 34.0 Å². The zero-order valence-electron chi connectivity index (χ0n) is 37.7. The summed E-state index contributed by atoms with van der Waals surface area (Å²) in [6.07, 6.45) is 15.0. The second-order valence-corrected chi connectivity index (χ2v) is 23.0. The van der Waals surface area contributed by atoms with Crippen LogP contribution in [0.4, 0.5) is 13.2 Å². The first-order valence-electron chi connectivity index (χ1n) is 23.7. The van der Waals surface area contributed by atoms with Crippen LogP contribution in [0.25, 0.3) is 65.3 Å². The Morgan fingerprint density at radius 1 is 0.508 bits per heavy atom. The summed E-state index contributed by atoms with van der Waals surface area (Å²) in [6, 6.07) is 54.5. The van der Waals surface area contributed by atoms with Gasteiger partial charge < -0.3 is 0 Å². The van der Waals surface area contributed by atoms with E-state index in [1.807, 2.05) is 0 Å². The molecule has 7 heteroatoms. The van der Waals surface area contributed by atoms with Crippen molar-refractivity contribution in [2.45, 2.75) is 115 Å². The van der Waals surface area contributed by atoms with Crippen LogP contribution in [0, 0.1) is 11.8 Å². The second-order valence-electron chi connectivity index (χ2n) is 18.1. The fraction of sp³-hybridized carbons (Fsp3) is 0.345. The van der Waals surface area contributed by atoms with E-state index >= 15 is 0 Å². The first-order valence-corrected chi connectivity index (χ1v) is 31.8. The van der Waals surface area contributed by atoms with Crippen molar-refractivity contribution >= 4 is 69.6 Å². The van der Waals surface area contributed by atoms with Gasteiger partial charge in [0.05, 0.1) is 0 Å². The standard InChI is InChI=1S/2C27H27.C4H7F3Si.2ClH.Zr/c2*1-2-4-10-20(9-3-1)17-21-18-23-13-8-16-26(27(23)19-21)25-15-7-12-22-11-5-6-14-24(22)25;1-8-3-2-4(5,6)7;;;/h2*5-8,11-16,18-20H,1-4,9-10,17H2;2-3H2,1H3;2*1H;/q2*-1;;;;+4/p-2. The molecule has 0 nitrogen and oxygen atoms in total. The minimum absolute atomic E-state index is 0.281. The van der Waals surface area contributed by atoms with E-state index in [1.165, 1.54) is 166 Å². The molecule has 2 aliphatic rings. The summed E-state index contributed by atoms with van der Waals surface area (Å²) < 4.78 is 33.7. The van der Waals surface area contributed by atoms with E-state index in [4.69, 9.17) is 17.0 Å². The van der Waals surface area contributed by atoms with Gasteiger partial charge in [-0.15, -0.1) is 69.1 Å². The molecule has 2 saturated carbocycles. The van der Waals surface area contributed by atoms with Crippen LogP contribution in [0.3, 0.4) is 0 Å². The average Bonchev–Trinajstić information content (AvgIpc) is 3.71. The zero-order chi connectivity index (χ0) is 45.4. The number of hydrogen-bond acceptors (Lipinski definition) is 0. The minimum Gasteiger partial charge on any atom is -0.164 e. The van der Waals surface area contributed by atoms with E-state index in [2.05, 4.69) is 146 Å². The minimum atomic E-state index is -3.94. The molecular weight excluding hydrogens is 944 g/mol. The van der Waals surface area contributed by atoms with Gasteiger partial charge in [-0.25, -0.2) is 0 Å². The molecule has 0 N–H and O–H groups in total. The average molecular weight is 1010 g/mol. The number of fused-ring (bicyclic) bond motifs is 4. The number of benzene rings is 6. The molecule has 0 spiro atoms. The molecule has 0 saturated heterocycles. The van der Waals surface area contributed by atoms with Gasteiger partial charge in [-0.05, 0) is 57.3 Å². The molecule has 2 radical (unpaired) electrons. The Balaban J connectivity index is 0.000000159. The SMILES string of the molecule is C[Si]CCC(F)(F)F.[Cl][Zr+2][Cl].c1ccc2c(-c3cccc4[cH-]c(CC5CCCCCC5)cc34)cccc2c1.c1ccc2c(-c3cccc4[cH-]c(CC5CCCCCC5)cc34)cccc2c1. The number of hydrogen-bond donors (Lipinski definition) is 0. The van der Waals surface area contributed by atoms with E-state index in [0.29, 0.717) is 9.52 Å². The Bertz CT molecular complexity index is 2490. The molecule has 0 unspecified atom stereocenters. The molecule has 0 atom stereocenters. The van der Waals surface area contributed by atoms with Gasteiger partial charge >= 0.3 is 44.1 Å². The van der Waals surface area contributed by atoms with Crippen LogP contribution in [-0.4, -0.2) is 15.7 Å². The third-order valence-electron chi connectivity index (χ3n) is 13.4. The normalized spacial score (nSPS) is 14.9. The van der Waals surface area contributed by atoms with Crippen LogP contribution < -0.4 is 0 Å². The van der Waals surface area contributed by atoms with Crippen molar-refractivity contribution in [3.8, 4) is 22.3 Å². The fourth-order valence-electron chi connectivity index (χ4n) is 10.3. The van der Waals surface area contributed by atoms with Crippen molar-refractivity contribution in [3.05, 3.63) is 157 Å². The third kappa shape index (κ3) is 14.0. The molecule has 2 fully saturated rings. The van der Waals surface area contributed by atoms with Crippen LogP contribution in [0.1, 0.15) is 94.6 Å². The molecule has 65 heavy (non-hydrogen) atoms. The molecule has 0 aromatic heterocycles. The van der Waals surface area contributed by atoms with Crippen LogP contribution in [0.15, 0.2) is 146 Å². The summed E-state index contributed by atoms with van der Waals surface area (Å²) in [5, 5.41) is 10.9. The predicted octanol–water partition coefficient (Wildman–Crippen LogP) is 19.3. The van der Waals surface area contributed by atoms with E-state index in [0.717, 1.165) is 11.8 Å². The van der Waals surface area contributed by atoms with Gasteiger partial charge in [-0.2, -0.15) is 25.3 Å². The van der Waals surface area contributed by atoms with E-state index in [-0.39, 0.29) is 6.04 Å². The molecule has 8 aromatic rings. The molecule has 0 amide bonds. The van der Waals surface area contributed by atoms with Crippen LogP contribution in [0.5, 0.6) is 0 Å². The van der Waals surface area contributed by atoms with Gasteiger partial charge in [0.15, 0.2) is 0 Å². The van der Waals surface area contributed by atoms with Crippen LogP contribution in [0.2, 0.25) is 12.6 Å². The molecule has 336 valence electrons. The van der Waals surface area contributed by atoms with Gasteiger partial charge in [0, 0.05) is 15.9 Å². The summed E-state index contributed by atoms with van der Waals surface area (Å²) in [5.74, 6) is 1.76. The Hall–Kier alpha value is -3.47. The molecule has 8 aromatic carbocycles. The maximum Gasteiger partial charge on any atom is -0.0114 e. The van der Waals surface area contributed by atoms with Gasteiger partial charge in [0.2, 0.25) is 0 Å². The molecule has 0 heterocycles. The Kier molecular flexibility index (Phi) is 19.1. The summed E-state index contributed by atoms with van der Waals surface area (Å²) in [7, 11) is 10.3. The predicted molar refractivity (Wildman–Crippen MR) is 274 cm³/mol. The largest absolute Gasteiger partial charge is 0.164 e. The van der Waals surface area contributed by atoms with Gasteiger partial charge in [0.1, 0.15) is 0 Å². The smallest absolute Gasteiger partial charge is 0.0114 e. The first-order chi connectivity index (χ1) is 31.7. The monoisotopic (exact) mass is 1000 g/mol. The number of rotatable bonds is 8. The Morgan fingerprint density at radius 3 is 1.23 bits per heavy atom. The second kappa shape index (κ2) is 25.1. The van der Waals surface area contributed by atoms with E-state index < -0.39 is 33.4 Å². The number of halogens is 5. The van der Waals surface area contributed by atoms with E-state index in [9.17, 15) is 13.2 Å². The molecule has 10 rings (SSSR count). The van der Waals surface area contributed by atoms with Crippen molar-refractivity contribution in [1.82, 2.24) is 0 Å². The van der Waals surface area contributed by atoms with Crippen LogP contribution >= 0.6 is 17.0 Å². The Morgan fingerprint density at radius 2 is 0.862 bits per heavy atom. The first kappa shape index (κ1) is 49.4. The third-order valence-corrected chi connectivity index (χ3v) is 14.2. The van der Waals surface area contributed by atoms with Gasteiger partial charge in [-0.3, -0.25) is 0 Å². The summed E-state index contributed by atoms with van der Waals surface area (Å²) in [4.78, 5) is 0. The quantitative estimate of drug-likeness (QED) is 0.0808. The topological polar surface area (TPSA) is 0 Å². The maximum absolute atomic E-state index is 11.2. The maximum atomic E-state index is 11.2. The van der Waals surface area contributed by atoms with Gasteiger partial charge in [0.25, 0.3) is 0 Å². The van der Waals surface area contributed by atoms with Crippen LogP contribution in [-0.2, 0) is 33.7 Å². The van der Waals surface area contributed by atoms with Crippen molar-refractivity contribution in [3.63, 3.8) is 0 Å². The summed E-state index contributed by atoms with van der Waals surface area (Å²) >= 11 is -0.826. The molecule has 0 bridgehead atoms. The van der Waals surface area contributed by atoms with Crippen molar-refractivity contribution in [2.75, 3.05) is 0 Å². The Labute approximate surface area is 406 Å².